The molecule has 10 nitrogen and oxygen atoms in total. The van der Waals surface area contributed by atoms with Gasteiger partial charge in [0.25, 0.3) is 0 Å². The molecule has 1 aliphatic carbocycles. The Morgan fingerprint density at radius 2 is 1.23 bits per heavy atom. The highest BCUT2D eigenvalue weighted by Crippen LogP contribution is 2.61. The molecule has 0 bridgehead atoms. The maximum absolute atomic E-state index is 13.1. The fourth-order valence-corrected chi connectivity index (χ4v) is 4.13. The number of nitrogens with one attached hydrogen (secondary N) is 2. The van der Waals surface area contributed by atoms with Crippen LogP contribution in [0.4, 0.5) is 0 Å². The van der Waals surface area contributed by atoms with E-state index in [4.69, 9.17) is 9.47 Å². The number of aliphatic hydroxyl groups is 2. The van der Waals surface area contributed by atoms with Crippen LogP contribution in [0.3, 0.4) is 0 Å². The fraction of sp³-hybridized carbons (Fsp3) is 0.810. The number of aliphatic hydroxyl groups excluding tert-OH is 2. The van der Waals surface area contributed by atoms with Crippen molar-refractivity contribution in [3.8, 4) is 0 Å². The first kappa shape index (κ1) is 26.8. The third-order valence-corrected chi connectivity index (χ3v) is 6.13. The first-order valence-electron chi connectivity index (χ1n) is 10.9. The van der Waals surface area contributed by atoms with E-state index in [9.17, 15) is 29.4 Å². The van der Waals surface area contributed by atoms with Crippen LogP contribution in [0.1, 0.15) is 65.2 Å². The van der Waals surface area contributed by atoms with E-state index in [-0.39, 0.29) is 38.9 Å². The van der Waals surface area contributed by atoms with Crippen molar-refractivity contribution < 1.29 is 38.9 Å². The number of ether oxygens (including phenoxy) is 2. The molecule has 178 valence electrons. The highest BCUT2D eigenvalue weighted by atomic mass is 16.5. The van der Waals surface area contributed by atoms with Gasteiger partial charge in [0, 0.05) is 5.41 Å². The third kappa shape index (κ3) is 5.35. The predicted molar refractivity (Wildman–Crippen MR) is 111 cm³/mol. The zero-order chi connectivity index (χ0) is 23.4. The van der Waals surface area contributed by atoms with E-state index in [1.807, 2.05) is 13.8 Å². The van der Waals surface area contributed by atoms with Gasteiger partial charge in [0.2, 0.25) is 12.8 Å². The number of amides is 2. The van der Waals surface area contributed by atoms with Gasteiger partial charge in [-0.1, -0.05) is 39.5 Å². The molecule has 0 radical (unpaired) electrons. The summed E-state index contributed by atoms with van der Waals surface area (Å²) < 4.78 is 10.6. The molecule has 2 atom stereocenters. The summed E-state index contributed by atoms with van der Waals surface area (Å²) >= 11 is 0. The van der Waals surface area contributed by atoms with E-state index in [0.717, 1.165) is 25.7 Å². The van der Waals surface area contributed by atoms with Gasteiger partial charge in [-0.3, -0.25) is 9.59 Å². The van der Waals surface area contributed by atoms with Crippen LogP contribution in [0.2, 0.25) is 0 Å². The first-order chi connectivity index (χ1) is 14.9. The molecule has 1 rings (SSSR count). The number of esters is 2. The lowest BCUT2D eigenvalue weighted by atomic mass is 9.67. The Balaban J connectivity index is 3.31. The van der Waals surface area contributed by atoms with Gasteiger partial charge < -0.3 is 30.3 Å². The molecule has 0 saturated heterocycles. The minimum Gasteiger partial charge on any atom is -0.464 e. The van der Waals surface area contributed by atoms with Gasteiger partial charge in [-0.15, -0.1) is 0 Å². The summed E-state index contributed by atoms with van der Waals surface area (Å²) in [4.78, 5) is 49.0. The van der Waals surface area contributed by atoms with Crippen LogP contribution in [-0.2, 0) is 28.7 Å². The molecular formula is C21H36N2O8. The summed E-state index contributed by atoms with van der Waals surface area (Å²) in [6, 6.07) is 0. The van der Waals surface area contributed by atoms with Crippen molar-refractivity contribution in [3.63, 3.8) is 0 Å². The van der Waals surface area contributed by atoms with Crippen LogP contribution in [0.5, 0.6) is 0 Å². The Labute approximate surface area is 183 Å². The predicted octanol–water partition coefficient (Wildman–Crippen LogP) is 0.188. The third-order valence-electron chi connectivity index (χ3n) is 6.13. The smallest absolute Gasteiger partial charge is 0.334 e. The standard InChI is InChI=1S/C21H36N2O8/c1-3-5-7-11-30-17(28)20(13-24,22-15-26)19(9-10-19)21(14-25,23-16-27)18(29)31-12-8-6-4-2/h15-16,24-25H,3-14H2,1-2H3,(H,22,26)(H,23,27)/t20-,21-/m1/s1. The lowest BCUT2D eigenvalue weighted by Gasteiger charge is -2.46. The van der Waals surface area contributed by atoms with Crippen LogP contribution >= 0.6 is 0 Å². The van der Waals surface area contributed by atoms with Crippen molar-refractivity contribution in [2.24, 2.45) is 5.41 Å². The zero-order valence-corrected chi connectivity index (χ0v) is 18.5. The Kier molecular flexibility index (Phi) is 10.9. The number of carbonyl (C=O) groups is 4. The molecule has 2 amide bonds. The summed E-state index contributed by atoms with van der Waals surface area (Å²) in [7, 11) is 0. The number of unbranched alkanes of at least 4 members (excludes halogenated alkanes) is 4. The van der Waals surface area contributed by atoms with Gasteiger partial charge in [-0.05, 0) is 25.7 Å². The molecule has 0 heterocycles. The van der Waals surface area contributed by atoms with Crippen molar-refractivity contribution in [2.45, 2.75) is 76.3 Å². The Morgan fingerprint density at radius 1 is 0.839 bits per heavy atom. The van der Waals surface area contributed by atoms with Crippen LogP contribution < -0.4 is 10.6 Å². The van der Waals surface area contributed by atoms with Crippen LogP contribution in [-0.4, -0.2) is 72.5 Å². The highest BCUT2D eigenvalue weighted by molar-refractivity contribution is 5.92. The molecule has 0 aromatic rings. The average molecular weight is 445 g/mol. The number of carbonyl (C=O) groups excluding carboxylic acids is 4. The van der Waals surface area contributed by atoms with Crippen molar-refractivity contribution >= 4 is 24.8 Å². The van der Waals surface area contributed by atoms with Gasteiger partial charge in [-0.25, -0.2) is 9.59 Å². The molecule has 4 N–H and O–H groups in total. The average Bonchev–Trinajstić information content (AvgIpc) is 3.58. The minimum absolute atomic E-state index is 0.0692. The van der Waals surface area contributed by atoms with Crippen LogP contribution in [0.25, 0.3) is 0 Å². The Bertz CT molecular complexity index is 562. The van der Waals surface area contributed by atoms with E-state index in [1.165, 1.54) is 0 Å². The quantitative estimate of drug-likeness (QED) is 0.133. The van der Waals surface area contributed by atoms with Gasteiger partial charge >= 0.3 is 11.9 Å². The van der Waals surface area contributed by atoms with E-state index in [2.05, 4.69) is 10.6 Å². The zero-order valence-electron chi connectivity index (χ0n) is 18.5. The largest absolute Gasteiger partial charge is 0.464 e. The molecule has 0 unspecified atom stereocenters. The van der Waals surface area contributed by atoms with Crippen LogP contribution in [0, 0.1) is 5.41 Å². The van der Waals surface area contributed by atoms with E-state index < -0.39 is 41.6 Å². The SMILES string of the molecule is CCCCCOC(=O)[C@@](CO)(NC=O)C1([C@](CO)(NC=O)C(=O)OCCCCC)CC1. The van der Waals surface area contributed by atoms with Gasteiger partial charge in [0.1, 0.15) is 0 Å². The molecule has 1 saturated carbocycles. The number of rotatable bonds is 18. The molecule has 1 fully saturated rings. The fourth-order valence-electron chi connectivity index (χ4n) is 4.13. The number of hydrogen-bond acceptors (Lipinski definition) is 8. The summed E-state index contributed by atoms with van der Waals surface area (Å²) in [5, 5.41) is 25.2. The number of hydrogen-bond donors (Lipinski definition) is 4. The maximum atomic E-state index is 13.1. The summed E-state index contributed by atoms with van der Waals surface area (Å²) in [5.41, 5.74) is -5.60. The van der Waals surface area contributed by atoms with Gasteiger partial charge in [0.15, 0.2) is 11.1 Å². The molecule has 0 aliphatic heterocycles. The van der Waals surface area contributed by atoms with E-state index >= 15 is 0 Å². The second kappa shape index (κ2) is 12.6. The second-order valence-electron chi connectivity index (χ2n) is 7.92. The van der Waals surface area contributed by atoms with Crippen molar-refractivity contribution in [3.05, 3.63) is 0 Å². The minimum atomic E-state index is -2.04. The molecule has 0 aromatic heterocycles. The monoisotopic (exact) mass is 444 g/mol. The van der Waals surface area contributed by atoms with E-state index in [0.29, 0.717) is 12.8 Å². The lowest BCUT2D eigenvalue weighted by Crippen LogP contribution is -2.74. The topological polar surface area (TPSA) is 151 Å². The van der Waals surface area contributed by atoms with Crippen molar-refractivity contribution in [1.82, 2.24) is 10.6 Å². The maximum Gasteiger partial charge on any atom is 0.334 e. The normalized spacial score (nSPS) is 18.1. The summed E-state index contributed by atoms with van der Waals surface area (Å²) in [6.45, 7) is 2.34. The molecule has 0 aromatic carbocycles. The summed E-state index contributed by atoms with van der Waals surface area (Å²) in [5.74, 6) is -1.86. The molecule has 1 aliphatic rings. The van der Waals surface area contributed by atoms with Crippen molar-refractivity contribution in [2.75, 3.05) is 26.4 Å². The first-order valence-corrected chi connectivity index (χ1v) is 10.9. The Hall–Kier alpha value is -2.20. The lowest BCUT2D eigenvalue weighted by molar-refractivity contribution is -0.172. The molecular weight excluding hydrogens is 408 g/mol. The molecule has 10 heteroatoms. The Morgan fingerprint density at radius 3 is 1.48 bits per heavy atom. The van der Waals surface area contributed by atoms with Gasteiger partial charge in [0.05, 0.1) is 26.4 Å². The van der Waals surface area contributed by atoms with E-state index in [1.54, 1.807) is 0 Å². The summed E-state index contributed by atoms with van der Waals surface area (Å²) in [6.07, 6.45) is 5.42. The van der Waals surface area contributed by atoms with Gasteiger partial charge in [-0.2, -0.15) is 0 Å². The second-order valence-corrected chi connectivity index (χ2v) is 7.92. The molecule has 0 spiro atoms. The van der Waals surface area contributed by atoms with Crippen LogP contribution in [0.15, 0.2) is 0 Å². The molecule has 31 heavy (non-hydrogen) atoms. The highest BCUT2D eigenvalue weighted by Gasteiger charge is 2.76. The van der Waals surface area contributed by atoms with Crippen molar-refractivity contribution in [1.29, 1.82) is 0 Å².